The van der Waals surface area contributed by atoms with Crippen LogP contribution >= 0.6 is 27.3 Å². The number of hydrogen-bond acceptors (Lipinski definition) is 3. The number of carbonyl (C=O) groups excluding carboxylic acids is 2. The van der Waals surface area contributed by atoms with E-state index < -0.39 is 0 Å². The number of fused-ring (bicyclic) bond motifs is 1. The highest BCUT2D eigenvalue weighted by Crippen LogP contribution is 2.20. The third-order valence-electron chi connectivity index (χ3n) is 2.95. The van der Waals surface area contributed by atoms with Gasteiger partial charge in [-0.25, -0.2) is 0 Å². The van der Waals surface area contributed by atoms with Gasteiger partial charge in [-0.3, -0.25) is 20.4 Å². The van der Waals surface area contributed by atoms with Crippen molar-refractivity contribution in [2.24, 2.45) is 0 Å². The molecule has 0 aliphatic heterocycles. The topological polar surface area (TPSA) is 74.0 Å². The molecule has 3 rings (SSSR count). The molecule has 0 unspecified atom stereocenters. The Balaban J connectivity index is 1.71. The number of nitrogens with one attached hydrogen (secondary N) is 3. The van der Waals surface area contributed by atoms with Crippen molar-refractivity contribution < 1.29 is 9.59 Å². The lowest BCUT2D eigenvalue weighted by atomic mass is 10.2. The largest absolute Gasteiger partial charge is 0.360 e. The Morgan fingerprint density at radius 1 is 1.14 bits per heavy atom. The second kappa shape index (κ2) is 5.71. The van der Waals surface area contributed by atoms with Crippen LogP contribution in [0.4, 0.5) is 0 Å². The number of rotatable bonds is 2. The average molecular weight is 364 g/mol. The predicted molar refractivity (Wildman–Crippen MR) is 85.3 cm³/mol. The summed E-state index contributed by atoms with van der Waals surface area (Å²) >= 11 is 4.69. The maximum atomic E-state index is 12.1. The third kappa shape index (κ3) is 2.84. The van der Waals surface area contributed by atoms with Gasteiger partial charge in [0.15, 0.2) is 0 Å². The molecule has 0 atom stereocenters. The van der Waals surface area contributed by atoms with Gasteiger partial charge in [0.1, 0.15) is 0 Å². The van der Waals surface area contributed by atoms with Crippen molar-refractivity contribution >= 4 is 50.0 Å². The van der Waals surface area contributed by atoms with Crippen LogP contribution in [0.1, 0.15) is 20.7 Å². The van der Waals surface area contributed by atoms with Crippen LogP contribution in [0.3, 0.4) is 0 Å². The Morgan fingerprint density at radius 2 is 1.90 bits per heavy atom. The van der Waals surface area contributed by atoms with Gasteiger partial charge >= 0.3 is 0 Å². The smallest absolute Gasteiger partial charge is 0.271 e. The van der Waals surface area contributed by atoms with Crippen molar-refractivity contribution in [3.63, 3.8) is 0 Å². The van der Waals surface area contributed by atoms with Crippen molar-refractivity contribution in [1.82, 2.24) is 15.8 Å². The van der Waals surface area contributed by atoms with Crippen LogP contribution in [0.25, 0.3) is 10.9 Å². The normalized spacial score (nSPS) is 10.5. The zero-order valence-electron chi connectivity index (χ0n) is 10.6. The Kier molecular flexibility index (Phi) is 3.76. The summed E-state index contributed by atoms with van der Waals surface area (Å²) in [5.41, 5.74) is 6.66. The van der Waals surface area contributed by atoms with E-state index in [1.54, 1.807) is 17.6 Å². The molecule has 7 heteroatoms. The highest BCUT2D eigenvalue weighted by Gasteiger charge is 2.13. The molecule has 21 heavy (non-hydrogen) atoms. The number of para-hydroxylation sites is 1. The molecule has 2 heterocycles. The Hall–Kier alpha value is -2.12. The van der Waals surface area contributed by atoms with Crippen molar-refractivity contribution in [2.45, 2.75) is 0 Å². The molecule has 0 saturated carbocycles. The maximum Gasteiger partial charge on any atom is 0.271 e. The molecule has 0 fully saturated rings. The van der Waals surface area contributed by atoms with E-state index in [2.05, 4.69) is 31.8 Å². The van der Waals surface area contributed by atoms with Gasteiger partial charge in [0.2, 0.25) is 0 Å². The summed E-state index contributed by atoms with van der Waals surface area (Å²) < 4.78 is 0.857. The van der Waals surface area contributed by atoms with E-state index in [4.69, 9.17) is 0 Å². The molecule has 0 radical (unpaired) electrons. The predicted octanol–water partition coefficient (Wildman–Crippen LogP) is 3.07. The highest BCUT2D eigenvalue weighted by atomic mass is 79.9. The van der Waals surface area contributed by atoms with E-state index >= 15 is 0 Å². The monoisotopic (exact) mass is 363 g/mol. The molecule has 0 aliphatic carbocycles. The Morgan fingerprint density at radius 3 is 2.67 bits per heavy atom. The van der Waals surface area contributed by atoms with E-state index in [0.29, 0.717) is 11.1 Å². The zero-order chi connectivity index (χ0) is 14.8. The fraction of sp³-hybridized carbons (Fsp3) is 0. The van der Waals surface area contributed by atoms with Gasteiger partial charge in [0.05, 0.1) is 14.9 Å². The first-order valence-corrected chi connectivity index (χ1v) is 7.73. The van der Waals surface area contributed by atoms with Crippen molar-refractivity contribution in [2.75, 3.05) is 0 Å². The summed E-state index contributed by atoms with van der Waals surface area (Å²) in [4.78, 5) is 27.0. The van der Waals surface area contributed by atoms with Crippen LogP contribution in [0.5, 0.6) is 0 Å². The summed E-state index contributed by atoms with van der Waals surface area (Å²) in [7, 11) is 0. The minimum atomic E-state index is -0.366. The molecule has 0 spiro atoms. The standard InChI is InChI=1S/C14H10BrN3O2S/c15-12-5-8(7-21-12)13(19)17-18-14(20)10-6-16-11-4-2-1-3-9(10)11/h1-7,16H,(H,17,19)(H,18,20). The fourth-order valence-corrected chi connectivity index (χ4v) is 3.08. The van der Waals surface area contributed by atoms with E-state index in [1.165, 1.54) is 11.3 Å². The number of hydrazine groups is 1. The van der Waals surface area contributed by atoms with Gasteiger partial charge < -0.3 is 4.98 Å². The summed E-state index contributed by atoms with van der Waals surface area (Å²) in [5, 5.41) is 2.51. The fourth-order valence-electron chi connectivity index (χ4n) is 1.94. The third-order valence-corrected chi connectivity index (χ3v) is 4.46. The molecule has 0 bridgehead atoms. The minimum Gasteiger partial charge on any atom is -0.360 e. The van der Waals surface area contributed by atoms with Crippen LogP contribution in [0, 0.1) is 0 Å². The Labute approximate surface area is 132 Å². The van der Waals surface area contributed by atoms with Crippen molar-refractivity contribution in [3.8, 4) is 0 Å². The van der Waals surface area contributed by atoms with Crippen molar-refractivity contribution in [1.29, 1.82) is 0 Å². The molecule has 106 valence electrons. The molecular formula is C14H10BrN3O2S. The number of thiophene rings is 1. The van der Waals surface area contributed by atoms with E-state index in [0.717, 1.165) is 14.7 Å². The quantitative estimate of drug-likeness (QED) is 0.612. The molecule has 1 aromatic carbocycles. The lowest BCUT2D eigenvalue weighted by molar-refractivity contribution is 0.0848. The first-order valence-electron chi connectivity index (χ1n) is 6.06. The molecule has 0 aliphatic rings. The number of aromatic nitrogens is 1. The number of halogens is 1. The van der Waals surface area contributed by atoms with Crippen LogP contribution in [-0.4, -0.2) is 16.8 Å². The second-order valence-corrected chi connectivity index (χ2v) is 6.59. The Bertz CT molecular complexity index is 824. The molecule has 0 saturated heterocycles. The first kappa shape index (κ1) is 13.8. The number of benzene rings is 1. The number of hydrogen-bond donors (Lipinski definition) is 3. The molecule has 3 aromatic rings. The summed E-state index contributed by atoms with van der Waals surface area (Å²) in [6, 6.07) is 9.16. The highest BCUT2D eigenvalue weighted by molar-refractivity contribution is 9.11. The van der Waals surface area contributed by atoms with Gasteiger partial charge in [-0.05, 0) is 28.1 Å². The molecular weight excluding hydrogens is 354 g/mol. The van der Waals surface area contributed by atoms with Gasteiger partial charge in [-0.2, -0.15) is 0 Å². The van der Waals surface area contributed by atoms with Crippen molar-refractivity contribution in [3.05, 3.63) is 56.8 Å². The van der Waals surface area contributed by atoms with Gasteiger partial charge in [-0.1, -0.05) is 18.2 Å². The lowest BCUT2D eigenvalue weighted by Gasteiger charge is -2.05. The van der Waals surface area contributed by atoms with Crippen LogP contribution in [0.2, 0.25) is 0 Å². The maximum absolute atomic E-state index is 12.1. The van der Waals surface area contributed by atoms with Gasteiger partial charge in [0, 0.05) is 22.5 Å². The molecule has 2 aromatic heterocycles. The number of amides is 2. The molecule has 2 amide bonds. The van der Waals surface area contributed by atoms with Crippen LogP contribution < -0.4 is 10.9 Å². The average Bonchev–Trinajstić information content (AvgIpc) is 3.10. The van der Waals surface area contributed by atoms with Gasteiger partial charge in [0.25, 0.3) is 11.8 Å². The SMILES string of the molecule is O=C(NNC(=O)c1c[nH]c2ccccc12)c1csc(Br)c1. The minimum absolute atomic E-state index is 0.356. The molecule has 5 nitrogen and oxygen atoms in total. The van der Waals surface area contributed by atoms with E-state index in [-0.39, 0.29) is 11.8 Å². The molecule has 3 N–H and O–H groups in total. The zero-order valence-corrected chi connectivity index (χ0v) is 13.0. The van der Waals surface area contributed by atoms with Gasteiger partial charge in [-0.15, -0.1) is 11.3 Å². The van der Waals surface area contributed by atoms with Crippen LogP contribution in [-0.2, 0) is 0 Å². The van der Waals surface area contributed by atoms with E-state index in [9.17, 15) is 9.59 Å². The number of aromatic amines is 1. The van der Waals surface area contributed by atoms with Crippen LogP contribution in [0.15, 0.2) is 45.7 Å². The number of H-pyrrole nitrogens is 1. The summed E-state index contributed by atoms with van der Waals surface area (Å²) in [5.74, 6) is -0.722. The summed E-state index contributed by atoms with van der Waals surface area (Å²) in [6.07, 6.45) is 1.62. The van der Waals surface area contributed by atoms with E-state index in [1.807, 2.05) is 24.3 Å². The lowest BCUT2D eigenvalue weighted by Crippen LogP contribution is -2.41. The summed E-state index contributed by atoms with van der Waals surface area (Å²) in [6.45, 7) is 0. The first-order chi connectivity index (χ1) is 10.1. The number of carbonyl (C=O) groups is 2. The second-order valence-electron chi connectivity index (χ2n) is 4.30.